The predicted molar refractivity (Wildman–Crippen MR) is 151 cm³/mol. The summed E-state index contributed by atoms with van der Waals surface area (Å²) in [5, 5.41) is 11.8. The molecule has 9 heteroatoms. The second-order valence-corrected chi connectivity index (χ2v) is 10.1. The van der Waals surface area contributed by atoms with Crippen LogP contribution in [0.4, 0.5) is 5.13 Å². The van der Waals surface area contributed by atoms with E-state index >= 15 is 0 Å². The summed E-state index contributed by atoms with van der Waals surface area (Å²) >= 11 is 1.32. The number of nitrogens with zero attached hydrogens (tertiary/aromatic N) is 2. The van der Waals surface area contributed by atoms with E-state index in [0.717, 1.165) is 21.3 Å². The van der Waals surface area contributed by atoms with E-state index in [1.165, 1.54) is 30.5 Å². The van der Waals surface area contributed by atoms with E-state index in [2.05, 4.69) is 0 Å². The van der Waals surface area contributed by atoms with Crippen molar-refractivity contribution < 1.29 is 28.9 Å². The minimum Gasteiger partial charge on any atom is -0.507 e. The van der Waals surface area contributed by atoms with Crippen molar-refractivity contribution in [1.82, 2.24) is 4.98 Å². The van der Waals surface area contributed by atoms with Crippen LogP contribution >= 0.6 is 11.3 Å². The molecule has 1 aromatic heterocycles. The van der Waals surface area contributed by atoms with Crippen LogP contribution in [-0.2, 0) is 9.59 Å². The normalized spacial score (nSPS) is 16.6. The Kier molecular flexibility index (Phi) is 7.01. The number of aliphatic hydroxyl groups excluding tert-OH is 1. The summed E-state index contributed by atoms with van der Waals surface area (Å²) in [4.78, 5) is 33.4. The third-order valence-electron chi connectivity index (χ3n) is 6.64. The van der Waals surface area contributed by atoms with Gasteiger partial charge in [-0.15, -0.1) is 0 Å². The molecule has 3 aromatic carbocycles. The molecule has 1 unspecified atom stereocenters. The molecule has 39 heavy (non-hydrogen) atoms. The van der Waals surface area contributed by atoms with Gasteiger partial charge in [-0.05, 0) is 68.3 Å². The molecular weight excluding hydrogens is 516 g/mol. The van der Waals surface area contributed by atoms with Gasteiger partial charge in [-0.2, -0.15) is 0 Å². The monoisotopic (exact) mass is 544 g/mol. The van der Waals surface area contributed by atoms with Crippen molar-refractivity contribution in [3.8, 4) is 17.2 Å². The second-order valence-electron chi connectivity index (χ2n) is 9.13. The molecule has 200 valence electrons. The molecule has 2 heterocycles. The number of thiazole rings is 1. The lowest BCUT2D eigenvalue weighted by molar-refractivity contribution is -0.132. The van der Waals surface area contributed by atoms with Crippen molar-refractivity contribution in [2.75, 3.05) is 25.7 Å². The fraction of sp³-hybridized carbons (Fsp3) is 0.233. The van der Waals surface area contributed by atoms with E-state index in [1.807, 2.05) is 32.9 Å². The maximum Gasteiger partial charge on any atom is 0.301 e. The Morgan fingerprint density at radius 3 is 2.46 bits per heavy atom. The number of hydrogen-bond acceptors (Lipinski definition) is 8. The van der Waals surface area contributed by atoms with Crippen molar-refractivity contribution in [3.05, 3.63) is 82.4 Å². The van der Waals surface area contributed by atoms with Crippen LogP contribution in [0, 0.1) is 13.8 Å². The van der Waals surface area contributed by atoms with E-state index in [4.69, 9.17) is 19.2 Å². The molecule has 0 radical (unpaired) electrons. The van der Waals surface area contributed by atoms with E-state index < -0.39 is 17.7 Å². The van der Waals surface area contributed by atoms with Crippen LogP contribution in [0.3, 0.4) is 0 Å². The maximum absolute atomic E-state index is 13.7. The summed E-state index contributed by atoms with van der Waals surface area (Å²) in [7, 11) is 3.00. The van der Waals surface area contributed by atoms with Crippen molar-refractivity contribution in [2.24, 2.45) is 0 Å². The zero-order valence-corrected chi connectivity index (χ0v) is 23.1. The number of anilines is 1. The molecular formula is C30H28N2O6S. The molecule has 0 bridgehead atoms. The Labute approximate surface area is 230 Å². The molecule has 1 amide bonds. The minimum atomic E-state index is -1.01. The molecule has 0 aliphatic carbocycles. The molecule has 0 spiro atoms. The Bertz CT molecular complexity index is 1620. The van der Waals surface area contributed by atoms with Crippen LogP contribution < -0.4 is 19.1 Å². The molecule has 1 aliphatic heterocycles. The highest BCUT2D eigenvalue weighted by Gasteiger charge is 2.49. The van der Waals surface area contributed by atoms with Gasteiger partial charge in [0, 0.05) is 11.1 Å². The van der Waals surface area contributed by atoms with E-state index in [0.29, 0.717) is 40.1 Å². The highest BCUT2D eigenvalue weighted by Crippen LogP contribution is 2.48. The minimum absolute atomic E-state index is 0.0668. The van der Waals surface area contributed by atoms with Crippen LogP contribution in [0.1, 0.15) is 35.2 Å². The molecule has 1 saturated heterocycles. The first-order valence-corrected chi connectivity index (χ1v) is 13.2. The summed E-state index contributed by atoms with van der Waals surface area (Å²) in [6.07, 6.45) is 0. The third-order valence-corrected chi connectivity index (χ3v) is 7.64. The van der Waals surface area contributed by atoms with Gasteiger partial charge >= 0.3 is 5.91 Å². The number of benzene rings is 3. The number of methoxy groups -OCH3 is 2. The summed E-state index contributed by atoms with van der Waals surface area (Å²) in [6.45, 7) is 6.33. The van der Waals surface area contributed by atoms with Gasteiger partial charge in [-0.25, -0.2) is 4.98 Å². The molecule has 8 nitrogen and oxygen atoms in total. The van der Waals surface area contributed by atoms with Crippen LogP contribution in [0.5, 0.6) is 17.2 Å². The molecule has 0 saturated carbocycles. The summed E-state index contributed by atoms with van der Waals surface area (Å²) in [6, 6.07) is 14.9. The van der Waals surface area contributed by atoms with Gasteiger partial charge in [0.05, 0.1) is 36.6 Å². The van der Waals surface area contributed by atoms with Gasteiger partial charge in [0.1, 0.15) is 17.6 Å². The number of ether oxygens (including phenoxy) is 3. The zero-order chi connectivity index (χ0) is 27.8. The zero-order valence-electron chi connectivity index (χ0n) is 22.3. The first kappa shape index (κ1) is 26.2. The lowest BCUT2D eigenvalue weighted by atomic mass is 9.94. The van der Waals surface area contributed by atoms with Gasteiger partial charge in [-0.1, -0.05) is 29.5 Å². The van der Waals surface area contributed by atoms with E-state index in [-0.39, 0.29) is 11.3 Å². The molecule has 4 aromatic rings. The van der Waals surface area contributed by atoms with E-state index in [9.17, 15) is 14.7 Å². The quantitative estimate of drug-likeness (QED) is 0.174. The number of carbonyl (C=O) groups is 2. The Morgan fingerprint density at radius 2 is 1.79 bits per heavy atom. The van der Waals surface area contributed by atoms with E-state index in [1.54, 1.807) is 42.5 Å². The molecule has 5 rings (SSSR count). The van der Waals surface area contributed by atoms with Crippen molar-refractivity contribution in [2.45, 2.75) is 26.8 Å². The number of para-hydroxylation sites is 1. The highest BCUT2D eigenvalue weighted by atomic mass is 32.1. The van der Waals surface area contributed by atoms with Gasteiger partial charge in [0.25, 0.3) is 5.78 Å². The Balaban J connectivity index is 1.76. The number of aliphatic hydroxyl groups is 1. The number of Topliss-reactive ketones (excluding diaryl/α,β-unsaturated/α-hetero) is 1. The van der Waals surface area contributed by atoms with Crippen LogP contribution in [0.25, 0.3) is 16.0 Å². The average molecular weight is 545 g/mol. The van der Waals surface area contributed by atoms with Gasteiger partial charge in [0.2, 0.25) is 0 Å². The standard InChI is InChI=1S/C30H28N2O6S/c1-6-38-19-12-10-18(11-13-19)26(33)23-25(20-8-7-9-21(36-4)28(20)37-5)32(29(35)27(23)34)30-31-24-17(3)14-16(2)15-22(24)39-30/h7-15,25,33H,6H2,1-5H3/b26-23+. The van der Waals surface area contributed by atoms with Gasteiger partial charge < -0.3 is 19.3 Å². The smallest absolute Gasteiger partial charge is 0.301 e. The first-order chi connectivity index (χ1) is 18.8. The van der Waals surface area contributed by atoms with Crippen molar-refractivity contribution in [3.63, 3.8) is 0 Å². The first-order valence-electron chi connectivity index (χ1n) is 12.4. The molecule has 1 aliphatic rings. The fourth-order valence-corrected chi connectivity index (χ4v) is 6.11. The second kappa shape index (κ2) is 10.4. The average Bonchev–Trinajstić information content (AvgIpc) is 3.46. The number of fused-ring (bicyclic) bond motifs is 1. The summed E-state index contributed by atoms with van der Waals surface area (Å²) < 4.78 is 17.6. The highest BCUT2D eigenvalue weighted by molar-refractivity contribution is 7.22. The molecule has 1 N–H and O–H groups in total. The summed E-state index contributed by atoms with van der Waals surface area (Å²) in [5.41, 5.74) is 3.58. The number of rotatable bonds is 7. The Hall–Kier alpha value is -4.37. The number of ketones is 1. The number of hydrogen-bond donors (Lipinski definition) is 1. The lowest BCUT2D eigenvalue weighted by Crippen LogP contribution is -2.29. The SMILES string of the molecule is CCOc1ccc(/C(O)=C2\C(=O)C(=O)N(c3nc4c(C)cc(C)cc4s3)C2c2cccc(OC)c2OC)cc1. The topological polar surface area (TPSA) is 98.2 Å². The van der Waals surface area contributed by atoms with Gasteiger partial charge in [-0.3, -0.25) is 14.5 Å². The van der Waals surface area contributed by atoms with Crippen molar-refractivity contribution in [1.29, 1.82) is 0 Å². The largest absolute Gasteiger partial charge is 0.507 e. The third kappa shape index (κ3) is 4.48. The van der Waals surface area contributed by atoms with Crippen molar-refractivity contribution >= 4 is 44.1 Å². The fourth-order valence-electron chi connectivity index (χ4n) is 4.94. The van der Waals surface area contributed by atoms with Crippen LogP contribution in [-0.4, -0.2) is 42.6 Å². The predicted octanol–water partition coefficient (Wildman–Crippen LogP) is 5.96. The number of aromatic nitrogens is 1. The van der Waals surface area contributed by atoms with Gasteiger partial charge in [0.15, 0.2) is 16.6 Å². The molecule has 1 atom stereocenters. The Morgan fingerprint density at radius 1 is 1.05 bits per heavy atom. The molecule has 1 fully saturated rings. The summed E-state index contributed by atoms with van der Waals surface area (Å²) in [5.74, 6) is -0.503. The number of aryl methyl sites for hydroxylation is 2. The van der Waals surface area contributed by atoms with Crippen LogP contribution in [0.15, 0.2) is 60.2 Å². The number of carbonyl (C=O) groups excluding carboxylic acids is 2. The number of amides is 1. The lowest BCUT2D eigenvalue weighted by Gasteiger charge is -2.25. The maximum atomic E-state index is 13.7. The van der Waals surface area contributed by atoms with Crippen LogP contribution in [0.2, 0.25) is 0 Å².